The summed E-state index contributed by atoms with van der Waals surface area (Å²) in [6.45, 7) is 2.53. The second-order valence-corrected chi connectivity index (χ2v) is 5.34. The summed E-state index contributed by atoms with van der Waals surface area (Å²) in [5, 5.41) is 10.8. The van der Waals surface area contributed by atoms with E-state index in [1.165, 1.54) is 24.0 Å². The largest absolute Gasteiger partial charge is 0.490 e. The number of hydrogen-bond donors (Lipinski definition) is 1. The van der Waals surface area contributed by atoms with Crippen molar-refractivity contribution in [3.05, 3.63) is 29.6 Å². The van der Waals surface area contributed by atoms with E-state index in [0.29, 0.717) is 23.1 Å². The van der Waals surface area contributed by atoms with E-state index in [1.54, 1.807) is 12.1 Å². The van der Waals surface area contributed by atoms with Crippen molar-refractivity contribution in [2.75, 3.05) is 12.4 Å². The highest BCUT2D eigenvalue weighted by molar-refractivity contribution is 8.15. The molecule has 1 aromatic rings. The number of nitrogens with zero attached hydrogens (tertiary/aromatic N) is 2. The summed E-state index contributed by atoms with van der Waals surface area (Å²) in [5.41, 5.74) is 0.682. The van der Waals surface area contributed by atoms with Crippen LogP contribution in [0, 0.1) is 5.82 Å². The molecule has 0 bridgehead atoms. The van der Waals surface area contributed by atoms with Gasteiger partial charge in [-0.25, -0.2) is 4.39 Å². The van der Waals surface area contributed by atoms with Crippen molar-refractivity contribution < 1.29 is 13.9 Å². The Morgan fingerprint density at radius 3 is 3.10 bits per heavy atom. The number of carbonyl (C=O) groups is 1. The third-order valence-corrected chi connectivity index (χ3v) is 3.52. The van der Waals surface area contributed by atoms with E-state index in [1.807, 2.05) is 6.92 Å². The van der Waals surface area contributed by atoms with E-state index < -0.39 is 5.82 Å². The van der Waals surface area contributed by atoms with Crippen LogP contribution in [0.5, 0.6) is 5.75 Å². The Kier molecular flexibility index (Phi) is 5.74. The van der Waals surface area contributed by atoms with Gasteiger partial charge in [0.15, 0.2) is 16.7 Å². The third-order valence-electron chi connectivity index (χ3n) is 2.65. The summed E-state index contributed by atoms with van der Waals surface area (Å²) in [5.74, 6) is 0.0967. The molecule has 7 heteroatoms. The van der Waals surface area contributed by atoms with Gasteiger partial charge in [0.25, 0.3) is 0 Å². The summed E-state index contributed by atoms with van der Waals surface area (Å²) in [7, 11) is 0. The first-order chi connectivity index (χ1) is 10.2. The molecule has 0 unspecified atom stereocenters. The van der Waals surface area contributed by atoms with Crippen LogP contribution in [0.4, 0.5) is 4.39 Å². The molecule has 1 aromatic carbocycles. The van der Waals surface area contributed by atoms with Gasteiger partial charge in [-0.05, 0) is 24.1 Å². The van der Waals surface area contributed by atoms with Crippen molar-refractivity contribution in [3.8, 4) is 5.75 Å². The Morgan fingerprint density at radius 1 is 1.52 bits per heavy atom. The smallest absolute Gasteiger partial charge is 0.236 e. The van der Waals surface area contributed by atoms with Gasteiger partial charge in [0.2, 0.25) is 5.91 Å². The minimum atomic E-state index is -0.395. The van der Waals surface area contributed by atoms with Gasteiger partial charge in [-0.15, -0.1) is 5.10 Å². The molecule has 5 nitrogen and oxygen atoms in total. The lowest BCUT2D eigenvalue weighted by Crippen LogP contribution is -2.19. The molecule has 2 rings (SSSR count). The lowest BCUT2D eigenvalue weighted by molar-refractivity contribution is -0.116. The third kappa shape index (κ3) is 4.86. The summed E-state index contributed by atoms with van der Waals surface area (Å²) in [6, 6.07) is 4.50. The lowest BCUT2D eigenvalue weighted by atomic mass is 10.2. The second kappa shape index (κ2) is 7.78. The zero-order valence-corrected chi connectivity index (χ0v) is 12.5. The molecule has 1 fully saturated rings. The normalized spacial score (nSPS) is 16.7. The molecule has 0 spiro atoms. The fraction of sp³-hybridized carbons (Fsp3) is 0.357. The van der Waals surface area contributed by atoms with Crippen molar-refractivity contribution >= 4 is 29.1 Å². The van der Waals surface area contributed by atoms with Crippen LogP contribution in [0.25, 0.3) is 0 Å². The highest BCUT2D eigenvalue weighted by atomic mass is 32.2. The Hall–Kier alpha value is -1.89. The molecule has 1 heterocycles. The van der Waals surface area contributed by atoms with Crippen LogP contribution in [0.2, 0.25) is 0 Å². The Balaban J connectivity index is 1.99. The van der Waals surface area contributed by atoms with E-state index in [9.17, 15) is 9.18 Å². The van der Waals surface area contributed by atoms with Crippen molar-refractivity contribution in [2.24, 2.45) is 10.2 Å². The monoisotopic (exact) mass is 309 g/mol. The highest BCUT2D eigenvalue weighted by Gasteiger charge is 2.15. The zero-order chi connectivity index (χ0) is 15.1. The number of ether oxygens (including phenoxy) is 1. The number of nitrogens with one attached hydrogen (secondary N) is 1. The fourth-order valence-electron chi connectivity index (χ4n) is 1.56. The first-order valence-corrected chi connectivity index (χ1v) is 7.63. The van der Waals surface area contributed by atoms with Crippen LogP contribution in [0.1, 0.15) is 25.3 Å². The number of amides is 1. The molecule has 1 saturated heterocycles. The molecule has 112 valence electrons. The number of hydrogen-bond acceptors (Lipinski definition) is 5. The SMILES string of the molecule is CCCCOc1cc(C=NN=C2NC(=O)CS2)ccc1F. The summed E-state index contributed by atoms with van der Waals surface area (Å²) < 4.78 is 18.9. The van der Waals surface area contributed by atoms with E-state index in [-0.39, 0.29) is 11.7 Å². The minimum Gasteiger partial charge on any atom is -0.490 e. The van der Waals surface area contributed by atoms with Crippen molar-refractivity contribution in [1.82, 2.24) is 5.32 Å². The molecule has 0 radical (unpaired) electrons. The van der Waals surface area contributed by atoms with E-state index in [0.717, 1.165) is 12.8 Å². The van der Waals surface area contributed by atoms with Gasteiger partial charge in [0.1, 0.15) is 0 Å². The van der Waals surface area contributed by atoms with E-state index in [2.05, 4.69) is 15.5 Å². The van der Waals surface area contributed by atoms with Crippen LogP contribution >= 0.6 is 11.8 Å². The zero-order valence-electron chi connectivity index (χ0n) is 11.6. The number of halogens is 1. The maximum absolute atomic E-state index is 13.6. The Bertz CT molecular complexity index is 575. The van der Waals surface area contributed by atoms with Gasteiger partial charge in [-0.2, -0.15) is 5.10 Å². The number of benzene rings is 1. The van der Waals surface area contributed by atoms with E-state index >= 15 is 0 Å². The fourth-order valence-corrected chi connectivity index (χ4v) is 2.20. The Morgan fingerprint density at radius 2 is 2.38 bits per heavy atom. The summed E-state index contributed by atoms with van der Waals surface area (Å²) >= 11 is 1.30. The van der Waals surface area contributed by atoms with Crippen LogP contribution in [-0.2, 0) is 4.79 Å². The summed E-state index contributed by atoms with van der Waals surface area (Å²) in [6.07, 6.45) is 3.36. The molecule has 1 N–H and O–H groups in total. The van der Waals surface area contributed by atoms with Crippen LogP contribution < -0.4 is 10.1 Å². The quantitative estimate of drug-likeness (QED) is 0.499. The molecule has 1 aliphatic rings. The number of amidine groups is 1. The first-order valence-electron chi connectivity index (χ1n) is 6.65. The molecular weight excluding hydrogens is 293 g/mol. The number of carbonyl (C=O) groups excluding carboxylic acids is 1. The molecule has 0 aromatic heterocycles. The molecule has 0 aliphatic carbocycles. The standard InChI is InChI=1S/C14H16FN3O2S/c1-2-3-6-20-12-7-10(4-5-11(12)15)8-16-18-14-17-13(19)9-21-14/h4-5,7-8H,2-3,6,9H2,1H3,(H,17,18,19). The first kappa shape index (κ1) is 15.5. The highest BCUT2D eigenvalue weighted by Crippen LogP contribution is 2.18. The number of unbranched alkanes of at least 4 members (excludes halogenated alkanes) is 1. The minimum absolute atomic E-state index is 0.0812. The van der Waals surface area contributed by atoms with Crippen molar-refractivity contribution in [3.63, 3.8) is 0 Å². The second-order valence-electron chi connectivity index (χ2n) is 4.38. The average Bonchev–Trinajstić information content (AvgIpc) is 2.88. The van der Waals surface area contributed by atoms with Gasteiger partial charge in [0.05, 0.1) is 18.6 Å². The molecule has 0 atom stereocenters. The molecule has 1 amide bonds. The predicted molar refractivity (Wildman–Crippen MR) is 82.4 cm³/mol. The molecule has 0 saturated carbocycles. The number of thioether (sulfide) groups is 1. The maximum atomic E-state index is 13.6. The predicted octanol–water partition coefficient (Wildman–Crippen LogP) is 2.56. The van der Waals surface area contributed by atoms with Gasteiger partial charge < -0.3 is 10.1 Å². The molecular formula is C14H16FN3O2S. The topological polar surface area (TPSA) is 63.1 Å². The van der Waals surface area contributed by atoms with Gasteiger partial charge in [-0.1, -0.05) is 31.2 Å². The Labute approximate surface area is 126 Å². The number of rotatable bonds is 6. The van der Waals surface area contributed by atoms with Crippen LogP contribution in [0.15, 0.2) is 28.4 Å². The summed E-state index contributed by atoms with van der Waals surface area (Å²) in [4.78, 5) is 11.0. The van der Waals surface area contributed by atoms with Crippen molar-refractivity contribution in [1.29, 1.82) is 0 Å². The van der Waals surface area contributed by atoms with Crippen molar-refractivity contribution in [2.45, 2.75) is 19.8 Å². The molecule has 1 aliphatic heterocycles. The van der Waals surface area contributed by atoms with E-state index in [4.69, 9.17) is 4.74 Å². The lowest BCUT2D eigenvalue weighted by Gasteiger charge is -2.06. The van der Waals surface area contributed by atoms with Gasteiger partial charge >= 0.3 is 0 Å². The van der Waals surface area contributed by atoms with Gasteiger partial charge in [-0.3, -0.25) is 4.79 Å². The molecule has 21 heavy (non-hydrogen) atoms. The van der Waals surface area contributed by atoms with Crippen LogP contribution in [0.3, 0.4) is 0 Å². The average molecular weight is 309 g/mol. The maximum Gasteiger partial charge on any atom is 0.236 e. The van der Waals surface area contributed by atoms with Crippen LogP contribution in [-0.4, -0.2) is 29.6 Å². The van der Waals surface area contributed by atoms with Gasteiger partial charge in [0, 0.05) is 0 Å².